The summed E-state index contributed by atoms with van der Waals surface area (Å²) in [4.78, 5) is 11.7. The van der Waals surface area contributed by atoms with Gasteiger partial charge in [-0.05, 0) is 26.7 Å². The maximum atomic E-state index is 11.7. The molecule has 0 aliphatic heterocycles. The standard InChI is InChI=1S/C19H37NO5S/c1-6-8-12-20(13-9-7-2,14-10-16-26(22,23)24)15-11-18(5)25-19(21)17(3)4/h18H,3,6-16H2,1-2,4-5H3. The van der Waals surface area contributed by atoms with Gasteiger partial charge in [0.1, 0.15) is 6.10 Å². The van der Waals surface area contributed by atoms with Crippen LogP contribution < -0.4 is 0 Å². The summed E-state index contributed by atoms with van der Waals surface area (Å²) in [6.45, 7) is 14.7. The molecule has 0 fully saturated rings. The van der Waals surface area contributed by atoms with Gasteiger partial charge in [-0.25, -0.2) is 13.2 Å². The molecule has 0 aromatic carbocycles. The van der Waals surface area contributed by atoms with Gasteiger partial charge in [0.2, 0.25) is 0 Å². The first-order chi connectivity index (χ1) is 12.0. The van der Waals surface area contributed by atoms with E-state index in [0.29, 0.717) is 25.0 Å². The molecule has 0 aliphatic carbocycles. The van der Waals surface area contributed by atoms with E-state index in [1.165, 1.54) is 0 Å². The van der Waals surface area contributed by atoms with Gasteiger partial charge in [0.25, 0.3) is 0 Å². The molecule has 0 amide bonds. The second kappa shape index (κ2) is 12.5. The van der Waals surface area contributed by atoms with Crippen LogP contribution in [0.3, 0.4) is 0 Å². The smallest absolute Gasteiger partial charge is 0.333 e. The molecule has 7 heteroatoms. The lowest BCUT2D eigenvalue weighted by atomic mass is 10.1. The van der Waals surface area contributed by atoms with Crippen LogP contribution in [-0.4, -0.2) is 61.5 Å². The molecule has 0 spiro atoms. The number of rotatable bonds is 15. The first-order valence-corrected chi connectivity index (χ1v) is 11.3. The molecule has 1 atom stereocenters. The van der Waals surface area contributed by atoms with E-state index in [9.17, 15) is 17.8 Å². The molecule has 0 saturated heterocycles. The molecule has 0 aliphatic rings. The van der Waals surface area contributed by atoms with Crippen LogP contribution in [0.4, 0.5) is 0 Å². The van der Waals surface area contributed by atoms with Crippen LogP contribution in [0.25, 0.3) is 0 Å². The summed E-state index contributed by atoms with van der Waals surface area (Å²) in [6.07, 6.45) is 5.08. The van der Waals surface area contributed by atoms with Crippen LogP contribution in [0.2, 0.25) is 0 Å². The molecule has 0 radical (unpaired) electrons. The van der Waals surface area contributed by atoms with Crippen LogP contribution in [-0.2, 0) is 19.6 Å². The molecule has 1 unspecified atom stereocenters. The van der Waals surface area contributed by atoms with E-state index in [1.54, 1.807) is 6.92 Å². The Balaban J connectivity index is 4.99. The molecule has 6 nitrogen and oxygen atoms in total. The second-order valence-electron chi connectivity index (χ2n) is 7.34. The van der Waals surface area contributed by atoms with Gasteiger partial charge in [-0.2, -0.15) is 0 Å². The van der Waals surface area contributed by atoms with E-state index in [2.05, 4.69) is 20.4 Å². The monoisotopic (exact) mass is 391 g/mol. The van der Waals surface area contributed by atoms with Crippen molar-refractivity contribution in [2.75, 3.05) is 31.9 Å². The van der Waals surface area contributed by atoms with Gasteiger partial charge in [-0.15, -0.1) is 0 Å². The average Bonchev–Trinajstić information content (AvgIpc) is 2.54. The van der Waals surface area contributed by atoms with Crippen LogP contribution >= 0.6 is 0 Å². The summed E-state index contributed by atoms with van der Waals surface area (Å²) in [5.74, 6) is -0.694. The highest BCUT2D eigenvalue weighted by Crippen LogP contribution is 2.17. The van der Waals surface area contributed by atoms with Crippen molar-refractivity contribution in [3.8, 4) is 0 Å². The van der Waals surface area contributed by atoms with Gasteiger partial charge < -0.3 is 13.8 Å². The Labute approximate surface area is 159 Å². The molecule has 26 heavy (non-hydrogen) atoms. The summed E-state index contributed by atoms with van der Waals surface area (Å²) < 4.78 is 39.1. The lowest BCUT2D eigenvalue weighted by Crippen LogP contribution is -2.52. The Bertz CT molecular complexity index is 522. The minimum atomic E-state index is -4.18. The van der Waals surface area contributed by atoms with Crippen molar-refractivity contribution in [3.63, 3.8) is 0 Å². The molecule has 0 aromatic heterocycles. The van der Waals surface area contributed by atoms with Crippen molar-refractivity contribution >= 4 is 16.1 Å². The van der Waals surface area contributed by atoms with E-state index < -0.39 is 10.1 Å². The van der Waals surface area contributed by atoms with Crippen molar-refractivity contribution in [3.05, 3.63) is 12.2 Å². The fourth-order valence-corrected chi connectivity index (χ4v) is 3.52. The first-order valence-electron chi connectivity index (χ1n) is 9.70. The average molecular weight is 392 g/mol. The topological polar surface area (TPSA) is 83.5 Å². The molecular weight excluding hydrogens is 354 g/mol. The van der Waals surface area contributed by atoms with E-state index in [0.717, 1.165) is 49.8 Å². The van der Waals surface area contributed by atoms with Crippen molar-refractivity contribution in [2.45, 2.75) is 72.3 Å². The van der Waals surface area contributed by atoms with Gasteiger partial charge in [0.05, 0.1) is 36.3 Å². The molecule has 0 heterocycles. The maximum Gasteiger partial charge on any atom is 0.333 e. The number of nitrogens with zero attached hydrogens (tertiary/aromatic N) is 1. The summed E-state index contributed by atoms with van der Waals surface area (Å²) >= 11 is 0. The molecule has 0 saturated carbocycles. The molecule has 0 aromatic rings. The quantitative estimate of drug-likeness (QED) is 0.185. The number of quaternary nitrogens is 1. The number of ether oxygens (including phenoxy) is 1. The lowest BCUT2D eigenvalue weighted by Gasteiger charge is -2.40. The molecular formula is C19H37NO5S. The van der Waals surface area contributed by atoms with E-state index >= 15 is 0 Å². The van der Waals surface area contributed by atoms with E-state index in [-0.39, 0.29) is 17.8 Å². The lowest BCUT2D eigenvalue weighted by molar-refractivity contribution is -0.929. The Morgan fingerprint density at radius 2 is 1.58 bits per heavy atom. The SMILES string of the molecule is C=C(C)C(=O)OC(C)CC[N+](CCCC)(CCCC)CCCS(=O)(=O)[O-]. The maximum absolute atomic E-state index is 11.7. The fourth-order valence-electron chi connectivity index (χ4n) is 3.03. The van der Waals surface area contributed by atoms with Crippen molar-refractivity contribution in [1.29, 1.82) is 0 Å². The van der Waals surface area contributed by atoms with Gasteiger partial charge in [-0.3, -0.25) is 0 Å². The first kappa shape index (κ1) is 25.1. The van der Waals surface area contributed by atoms with E-state index in [4.69, 9.17) is 4.74 Å². The van der Waals surface area contributed by atoms with Gasteiger partial charge >= 0.3 is 5.97 Å². The number of esters is 1. The van der Waals surface area contributed by atoms with Gasteiger partial charge in [0.15, 0.2) is 0 Å². The predicted octanol–water partition coefficient (Wildman–Crippen LogP) is 3.24. The largest absolute Gasteiger partial charge is 0.748 e. The summed E-state index contributed by atoms with van der Waals surface area (Å²) in [5.41, 5.74) is 0.384. The van der Waals surface area contributed by atoms with Gasteiger partial charge in [0, 0.05) is 24.2 Å². The number of hydrogen-bond acceptors (Lipinski definition) is 5. The zero-order valence-corrected chi connectivity index (χ0v) is 17.8. The van der Waals surface area contributed by atoms with Crippen LogP contribution in [0, 0.1) is 0 Å². The Morgan fingerprint density at radius 3 is 2.00 bits per heavy atom. The Morgan fingerprint density at radius 1 is 1.08 bits per heavy atom. The molecule has 0 bridgehead atoms. The highest BCUT2D eigenvalue weighted by molar-refractivity contribution is 7.85. The van der Waals surface area contributed by atoms with Crippen molar-refractivity contribution in [1.82, 2.24) is 0 Å². The zero-order chi connectivity index (χ0) is 20.2. The number of hydrogen-bond donors (Lipinski definition) is 0. The van der Waals surface area contributed by atoms with E-state index in [1.807, 2.05) is 6.92 Å². The molecule has 154 valence electrons. The van der Waals surface area contributed by atoms with Crippen LogP contribution in [0.15, 0.2) is 12.2 Å². The third-order valence-electron chi connectivity index (χ3n) is 4.67. The zero-order valence-electron chi connectivity index (χ0n) is 17.0. The molecule has 0 rings (SSSR count). The van der Waals surface area contributed by atoms with Crippen LogP contribution in [0.5, 0.6) is 0 Å². The predicted molar refractivity (Wildman–Crippen MR) is 104 cm³/mol. The van der Waals surface area contributed by atoms with Gasteiger partial charge in [-0.1, -0.05) is 33.3 Å². The van der Waals surface area contributed by atoms with Crippen LogP contribution in [0.1, 0.15) is 66.2 Å². The number of carbonyl (C=O) groups is 1. The number of carbonyl (C=O) groups excluding carboxylic acids is 1. The third kappa shape index (κ3) is 11.6. The third-order valence-corrected chi connectivity index (χ3v) is 5.45. The van der Waals surface area contributed by atoms with Crippen molar-refractivity contribution in [2.24, 2.45) is 0 Å². The number of unbranched alkanes of at least 4 members (excludes halogenated alkanes) is 2. The highest BCUT2D eigenvalue weighted by Gasteiger charge is 2.27. The fraction of sp³-hybridized carbons (Fsp3) is 0.842. The Hall–Kier alpha value is -0.920. The highest BCUT2D eigenvalue weighted by atomic mass is 32.2. The Kier molecular flexibility index (Phi) is 12.0. The summed E-state index contributed by atoms with van der Waals surface area (Å²) in [7, 11) is -4.18. The van der Waals surface area contributed by atoms with Crippen molar-refractivity contribution < 1.29 is 27.0 Å². The minimum absolute atomic E-state index is 0.219. The summed E-state index contributed by atoms with van der Waals surface area (Å²) in [6, 6.07) is 0. The minimum Gasteiger partial charge on any atom is -0.748 e. The second-order valence-corrected chi connectivity index (χ2v) is 8.87. The normalized spacial score (nSPS) is 13.4. The summed E-state index contributed by atoms with van der Waals surface area (Å²) in [5, 5.41) is 0. The molecule has 0 N–H and O–H groups in total.